The van der Waals surface area contributed by atoms with Crippen molar-refractivity contribution in [1.29, 1.82) is 0 Å². The van der Waals surface area contributed by atoms with Crippen molar-refractivity contribution in [2.75, 3.05) is 19.8 Å². The summed E-state index contributed by atoms with van der Waals surface area (Å²) >= 11 is 0. The largest absolute Gasteiger partial charge is 0.854 e. The van der Waals surface area contributed by atoms with E-state index in [0.717, 1.165) is 0 Å². The summed E-state index contributed by atoms with van der Waals surface area (Å²) in [5.41, 5.74) is 0. The molecule has 0 aliphatic carbocycles. The Kier molecular flexibility index (Phi) is 1.08. The van der Waals surface area contributed by atoms with E-state index in [1.54, 1.807) is 0 Å². The molecule has 6 heavy (non-hydrogen) atoms. The van der Waals surface area contributed by atoms with Crippen LogP contribution in [0, 0.1) is 5.92 Å². The van der Waals surface area contributed by atoms with Gasteiger partial charge in [-0.3, -0.25) is 0 Å². The highest BCUT2D eigenvalue weighted by Crippen LogP contribution is 2.05. The molecular weight excluding hydrogens is 80.0 g/mol. The van der Waals surface area contributed by atoms with Crippen LogP contribution in [0.1, 0.15) is 0 Å². The van der Waals surface area contributed by atoms with Crippen LogP contribution in [0.4, 0.5) is 0 Å². The molecule has 2 nitrogen and oxygen atoms in total. The molecule has 0 saturated carbocycles. The van der Waals surface area contributed by atoms with Crippen molar-refractivity contribution in [2.45, 2.75) is 0 Å². The van der Waals surface area contributed by atoms with Gasteiger partial charge in [0, 0.05) is 0 Å². The Hall–Kier alpha value is -0.0800. The van der Waals surface area contributed by atoms with Gasteiger partial charge in [-0.25, -0.2) is 0 Å². The Morgan fingerprint density at radius 2 is 2.33 bits per heavy atom. The second-order valence-electron chi connectivity index (χ2n) is 1.57. The SMILES string of the molecule is [O-]CC1COC1. The molecule has 1 aliphatic heterocycles. The van der Waals surface area contributed by atoms with E-state index in [1.807, 2.05) is 0 Å². The van der Waals surface area contributed by atoms with Gasteiger partial charge in [-0.2, -0.15) is 0 Å². The quantitative estimate of drug-likeness (QED) is 0.410. The van der Waals surface area contributed by atoms with Gasteiger partial charge in [0.25, 0.3) is 0 Å². The van der Waals surface area contributed by atoms with E-state index in [9.17, 15) is 5.11 Å². The second kappa shape index (κ2) is 1.58. The average molecular weight is 87.1 g/mol. The van der Waals surface area contributed by atoms with E-state index in [0.29, 0.717) is 19.1 Å². The Labute approximate surface area is 36.7 Å². The maximum absolute atomic E-state index is 9.83. The van der Waals surface area contributed by atoms with Crippen LogP contribution in [0.3, 0.4) is 0 Å². The molecule has 1 fully saturated rings. The number of hydrogen-bond donors (Lipinski definition) is 0. The van der Waals surface area contributed by atoms with E-state index in [1.165, 1.54) is 0 Å². The predicted molar refractivity (Wildman–Crippen MR) is 19.2 cm³/mol. The Morgan fingerprint density at radius 3 is 2.33 bits per heavy atom. The van der Waals surface area contributed by atoms with Crippen LogP contribution >= 0.6 is 0 Å². The van der Waals surface area contributed by atoms with Gasteiger partial charge in [-0.15, -0.1) is 6.61 Å². The predicted octanol–water partition coefficient (Wildman–Crippen LogP) is -1.01. The molecule has 0 bridgehead atoms. The fourth-order valence-electron chi connectivity index (χ4n) is 0.381. The first kappa shape index (κ1) is 4.09. The summed E-state index contributed by atoms with van der Waals surface area (Å²) in [4.78, 5) is 0. The Morgan fingerprint density at radius 1 is 1.67 bits per heavy atom. The molecule has 0 spiro atoms. The number of rotatable bonds is 1. The van der Waals surface area contributed by atoms with Crippen molar-refractivity contribution >= 4 is 0 Å². The zero-order chi connectivity index (χ0) is 4.41. The zero-order valence-electron chi connectivity index (χ0n) is 3.52. The lowest BCUT2D eigenvalue weighted by Gasteiger charge is -2.28. The summed E-state index contributed by atoms with van der Waals surface area (Å²) < 4.78 is 4.73. The van der Waals surface area contributed by atoms with Crippen molar-refractivity contribution in [1.82, 2.24) is 0 Å². The van der Waals surface area contributed by atoms with Gasteiger partial charge in [0.15, 0.2) is 0 Å². The minimum absolute atomic E-state index is 0.0417. The summed E-state index contributed by atoms with van der Waals surface area (Å²) in [6, 6.07) is 0. The van der Waals surface area contributed by atoms with Gasteiger partial charge in [0.05, 0.1) is 13.2 Å². The third-order valence-electron chi connectivity index (χ3n) is 0.943. The summed E-state index contributed by atoms with van der Waals surface area (Å²) in [7, 11) is 0. The van der Waals surface area contributed by atoms with Crippen molar-refractivity contribution in [3.63, 3.8) is 0 Å². The minimum atomic E-state index is 0.0417. The van der Waals surface area contributed by atoms with Gasteiger partial charge in [0.1, 0.15) is 0 Å². The first-order chi connectivity index (χ1) is 2.93. The van der Waals surface area contributed by atoms with Crippen LogP contribution in [0.25, 0.3) is 0 Å². The van der Waals surface area contributed by atoms with Crippen LogP contribution in [0.5, 0.6) is 0 Å². The van der Waals surface area contributed by atoms with Crippen molar-refractivity contribution in [3.8, 4) is 0 Å². The fraction of sp³-hybridized carbons (Fsp3) is 1.00. The molecule has 0 N–H and O–H groups in total. The standard InChI is InChI=1S/C4H7O2/c5-1-4-2-6-3-4/h4H,1-3H2/q-1. The topological polar surface area (TPSA) is 32.3 Å². The molecule has 1 aliphatic rings. The molecule has 1 heterocycles. The lowest BCUT2D eigenvalue weighted by atomic mass is 10.1. The van der Waals surface area contributed by atoms with Crippen LogP contribution in [-0.2, 0) is 4.74 Å². The second-order valence-corrected chi connectivity index (χ2v) is 1.57. The molecular formula is C4H7O2-. The van der Waals surface area contributed by atoms with Crippen LogP contribution < -0.4 is 5.11 Å². The summed E-state index contributed by atoms with van der Waals surface area (Å²) in [6.07, 6.45) is 0. The Bertz CT molecular complexity index is 38.1. The van der Waals surface area contributed by atoms with E-state index in [-0.39, 0.29) is 6.61 Å². The fourth-order valence-corrected chi connectivity index (χ4v) is 0.381. The van der Waals surface area contributed by atoms with Gasteiger partial charge < -0.3 is 9.84 Å². The van der Waals surface area contributed by atoms with E-state index in [4.69, 9.17) is 4.74 Å². The molecule has 1 saturated heterocycles. The molecule has 0 aromatic carbocycles. The van der Waals surface area contributed by atoms with Crippen molar-refractivity contribution in [2.24, 2.45) is 5.92 Å². The highest BCUT2D eigenvalue weighted by Gasteiger charge is 2.11. The normalized spacial score (nSPS) is 23.5. The van der Waals surface area contributed by atoms with Gasteiger partial charge in [0.2, 0.25) is 0 Å². The lowest BCUT2D eigenvalue weighted by molar-refractivity contribution is -0.391. The molecule has 0 unspecified atom stereocenters. The van der Waals surface area contributed by atoms with Gasteiger partial charge in [-0.1, -0.05) is 0 Å². The van der Waals surface area contributed by atoms with Crippen molar-refractivity contribution in [3.05, 3.63) is 0 Å². The molecule has 36 valence electrons. The number of ether oxygens (including phenoxy) is 1. The smallest absolute Gasteiger partial charge is 0.0503 e. The monoisotopic (exact) mass is 87.0 g/mol. The van der Waals surface area contributed by atoms with Crippen LogP contribution in [0.15, 0.2) is 0 Å². The van der Waals surface area contributed by atoms with Crippen LogP contribution in [0.2, 0.25) is 0 Å². The molecule has 0 amide bonds. The minimum Gasteiger partial charge on any atom is -0.854 e. The maximum Gasteiger partial charge on any atom is 0.0503 e. The summed E-state index contributed by atoms with van der Waals surface area (Å²) in [6.45, 7) is 1.44. The molecule has 0 aromatic rings. The van der Waals surface area contributed by atoms with Gasteiger partial charge in [-0.05, 0) is 5.92 Å². The zero-order valence-corrected chi connectivity index (χ0v) is 3.52. The third kappa shape index (κ3) is 0.533. The molecule has 0 radical (unpaired) electrons. The number of hydrogen-bond acceptors (Lipinski definition) is 2. The first-order valence-electron chi connectivity index (χ1n) is 2.09. The van der Waals surface area contributed by atoms with Crippen LogP contribution in [-0.4, -0.2) is 19.8 Å². The summed E-state index contributed by atoms with van der Waals surface area (Å²) in [5, 5.41) is 9.83. The third-order valence-corrected chi connectivity index (χ3v) is 0.943. The average Bonchev–Trinajstić information content (AvgIpc) is 1.31. The maximum atomic E-state index is 9.83. The summed E-state index contributed by atoms with van der Waals surface area (Å²) in [5.74, 6) is 0.338. The van der Waals surface area contributed by atoms with E-state index < -0.39 is 0 Å². The first-order valence-corrected chi connectivity index (χ1v) is 2.09. The Balaban J connectivity index is 2.01. The molecule has 2 heteroatoms. The van der Waals surface area contributed by atoms with Crippen molar-refractivity contribution < 1.29 is 9.84 Å². The molecule has 0 atom stereocenters. The van der Waals surface area contributed by atoms with E-state index >= 15 is 0 Å². The highest BCUT2D eigenvalue weighted by atomic mass is 16.5. The van der Waals surface area contributed by atoms with Gasteiger partial charge >= 0.3 is 0 Å². The van der Waals surface area contributed by atoms with E-state index in [2.05, 4.69) is 0 Å². The molecule has 1 rings (SSSR count). The highest BCUT2D eigenvalue weighted by molar-refractivity contribution is 4.61. The molecule has 0 aromatic heterocycles. The lowest BCUT2D eigenvalue weighted by Crippen LogP contribution is -2.35.